The summed E-state index contributed by atoms with van der Waals surface area (Å²) in [7, 11) is 0. The third kappa shape index (κ3) is 9.31. The molecule has 38 heavy (non-hydrogen) atoms. The van der Waals surface area contributed by atoms with Crippen molar-refractivity contribution in [3.05, 3.63) is 36.0 Å². The van der Waals surface area contributed by atoms with Gasteiger partial charge in [0.15, 0.2) is 0 Å². The largest absolute Gasteiger partial charge is 0.480 e. The summed E-state index contributed by atoms with van der Waals surface area (Å²) in [6.07, 6.45) is 5.40. The maximum atomic E-state index is 13.0. The van der Waals surface area contributed by atoms with Crippen molar-refractivity contribution in [3.8, 4) is 0 Å². The highest BCUT2D eigenvalue weighted by atomic mass is 32.2. The zero-order valence-corrected chi connectivity index (χ0v) is 22.3. The Morgan fingerprint density at radius 3 is 2.29 bits per heavy atom. The molecule has 10 N–H and O–H groups in total. The number of para-hydroxylation sites is 1. The molecule has 12 nitrogen and oxygen atoms in total. The lowest BCUT2D eigenvalue weighted by atomic mass is 10.0. The Hall–Kier alpha value is -3.13. The van der Waals surface area contributed by atoms with Gasteiger partial charge < -0.3 is 42.6 Å². The van der Waals surface area contributed by atoms with Crippen molar-refractivity contribution in [2.75, 3.05) is 25.2 Å². The Balaban J connectivity index is 2.07. The number of hydrogen-bond donors (Lipinski definition) is 8. The molecule has 210 valence electrons. The molecule has 0 spiro atoms. The number of nitrogens with two attached hydrogens (primary N) is 2. The van der Waals surface area contributed by atoms with Crippen LogP contribution >= 0.6 is 11.8 Å². The van der Waals surface area contributed by atoms with Crippen LogP contribution in [-0.4, -0.2) is 88.2 Å². The number of aromatic amines is 1. The molecule has 2 rings (SSSR count). The molecule has 0 bridgehead atoms. The van der Waals surface area contributed by atoms with Crippen LogP contribution in [-0.2, 0) is 25.6 Å². The van der Waals surface area contributed by atoms with Crippen LogP contribution in [0.2, 0.25) is 0 Å². The number of aliphatic hydroxyl groups is 1. The molecule has 0 aliphatic heterocycles. The zero-order valence-electron chi connectivity index (χ0n) is 21.4. The Labute approximate surface area is 225 Å². The normalized spacial score (nSPS) is 14.3. The minimum absolute atomic E-state index is 0.0110. The van der Waals surface area contributed by atoms with E-state index in [2.05, 4.69) is 20.9 Å². The van der Waals surface area contributed by atoms with Gasteiger partial charge in [0.2, 0.25) is 17.7 Å². The number of unbranched alkanes of at least 4 members (excludes halogenated alkanes) is 1. The number of H-pyrrole nitrogens is 1. The third-order valence-corrected chi connectivity index (χ3v) is 6.72. The predicted molar refractivity (Wildman–Crippen MR) is 146 cm³/mol. The first kappa shape index (κ1) is 31.1. The van der Waals surface area contributed by atoms with Gasteiger partial charge in [0, 0.05) is 23.5 Å². The van der Waals surface area contributed by atoms with Gasteiger partial charge >= 0.3 is 5.97 Å². The smallest absolute Gasteiger partial charge is 0.326 e. The molecule has 1 aromatic heterocycles. The first-order valence-corrected chi connectivity index (χ1v) is 13.9. The summed E-state index contributed by atoms with van der Waals surface area (Å²) in [6.45, 7) is -0.363. The number of amides is 3. The van der Waals surface area contributed by atoms with Crippen LogP contribution in [0.25, 0.3) is 10.9 Å². The van der Waals surface area contributed by atoms with Crippen LogP contribution in [0.15, 0.2) is 30.5 Å². The Morgan fingerprint density at radius 2 is 1.63 bits per heavy atom. The summed E-state index contributed by atoms with van der Waals surface area (Å²) in [6, 6.07) is 2.82. The molecule has 13 heteroatoms. The third-order valence-electron chi connectivity index (χ3n) is 6.08. The number of aliphatic hydroxyl groups excluding tert-OH is 1. The number of carboxylic acid groups (broad SMARTS) is 1. The number of aromatic nitrogens is 1. The minimum atomic E-state index is -1.42. The minimum Gasteiger partial charge on any atom is -0.480 e. The lowest BCUT2D eigenvalue weighted by Crippen LogP contribution is -2.58. The summed E-state index contributed by atoms with van der Waals surface area (Å²) in [5.41, 5.74) is 13.0. The Morgan fingerprint density at radius 1 is 0.974 bits per heavy atom. The highest BCUT2D eigenvalue weighted by Crippen LogP contribution is 2.19. The maximum absolute atomic E-state index is 13.0. The van der Waals surface area contributed by atoms with Crippen molar-refractivity contribution >= 4 is 46.4 Å². The second-order valence-corrected chi connectivity index (χ2v) is 9.93. The molecule has 1 heterocycles. The molecule has 2 aromatic rings. The average molecular weight is 551 g/mol. The fourth-order valence-electron chi connectivity index (χ4n) is 3.88. The van der Waals surface area contributed by atoms with Crippen molar-refractivity contribution in [2.45, 2.75) is 56.3 Å². The highest BCUT2D eigenvalue weighted by Gasteiger charge is 2.30. The van der Waals surface area contributed by atoms with E-state index in [9.17, 15) is 29.4 Å². The van der Waals surface area contributed by atoms with Gasteiger partial charge in [-0.2, -0.15) is 11.8 Å². The summed E-state index contributed by atoms with van der Waals surface area (Å²) in [5, 5.41) is 27.8. The molecule has 0 fully saturated rings. The predicted octanol–water partition coefficient (Wildman–Crippen LogP) is -0.549. The first-order chi connectivity index (χ1) is 18.2. The second-order valence-electron chi connectivity index (χ2n) is 8.94. The van der Waals surface area contributed by atoms with E-state index in [1.807, 2.05) is 30.5 Å². The molecule has 1 aromatic carbocycles. The van der Waals surface area contributed by atoms with Gasteiger partial charge in [0.05, 0.1) is 12.6 Å². The van der Waals surface area contributed by atoms with Crippen LogP contribution in [0.4, 0.5) is 0 Å². The molecule has 0 saturated carbocycles. The maximum Gasteiger partial charge on any atom is 0.326 e. The van der Waals surface area contributed by atoms with E-state index < -0.39 is 54.5 Å². The number of benzene rings is 1. The fraction of sp³-hybridized carbons (Fsp3) is 0.520. The number of carbonyl (C=O) groups excluding carboxylic acids is 3. The number of fused-ring (bicyclic) bond motifs is 1. The van der Waals surface area contributed by atoms with E-state index in [4.69, 9.17) is 11.5 Å². The second kappa shape index (κ2) is 16.0. The van der Waals surface area contributed by atoms with Crippen LogP contribution in [0, 0.1) is 0 Å². The highest BCUT2D eigenvalue weighted by molar-refractivity contribution is 7.98. The monoisotopic (exact) mass is 550 g/mol. The standard InChI is InChI=1S/C25H38N6O6S/c1-38-11-9-17(27)22(33)29-19(8-4-5-10-26)23(34)31-21(14-32)24(35)30-20(25(36)37)12-15-13-28-18-7-3-2-6-16(15)18/h2-3,6-7,13,17,19-21,28,32H,4-5,8-12,14,26-27H2,1H3,(H,29,33)(H,30,35)(H,31,34)(H,36,37). The molecule has 0 aliphatic rings. The number of aliphatic carboxylic acids is 1. The van der Waals surface area contributed by atoms with Crippen LogP contribution < -0.4 is 27.4 Å². The van der Waals surface area contributed by atoms with Gasteiger partial charge in [0.1, 0.15) is 18.1 Å². The molecular formula is C25H38N6O6S. The van der Waals surface area contributed by atoms with Gasteiger partial charge in [-0.25, -0.2) is 4.79 Å². The number of thioether (sulfide) groups is 1. The van der Waals surface area contributed by atoms with Crippen molar-refractivity contribution < 1.29 is 29.4 Å². The molecule has 4 unspecified atom stereocenters. The number of nitrogens with one attached hydrogen (secondary N) is 4. The van der Waals surface area contributed by atoms with Crippen LogP contribution in [0.5, 0.6) is 0 Å². The average Bonchev–Trinajstić information content (AvgIpc) is 3.31. The molecule has 0 aliphatic carbocycles. The van der Waals surface area contributed by atoms with Gasteiger partial charge in [-0.3, -0.25) is 14.4 Å². The number of carboxylic acids is 1. The molecular weight excluding hydrogens is 512 g/mol. The van der Waals surface area contributed by atoms with Gasteiger partial charge in [-0.15, -0.1) is 0 Å². The lowest BCUT2D eigenvalue weighted by Gasteiger charge is -2.24. The van der Waals surface area contributed by atoms with E-state index in [0.29, 0.717) is 37.1 Å². The Kier molecular flexibility index (Phi) is 13.1. The summed E-state index contributed by atoms with van der Waals surface area (Å²) >= 11 is 1.54. The molecule has 3 amide bonds. The van der Waals surface area contributed by atoms with Crippen molar-refractivity contribution in [2.24, 2.45) is 11.5 Å². The van der Waals surface area contributed by atoms with E-state index in [1.54, 1.807) is 18.0 Å². The number of hydrogen-bond acceptors (Lipinski definition) is 8. The van der Waals surface area contributed by atoms with Gasteiger partial charge in [0.25, 0.3) is 0 Å². The molecule has 0 radical (unpaired) electrons. The van der Waals surface area contributed by atoms with Crippen molar-refractivity contribution in [1.82, 2.24) is 20.9 Å². The van der Waals surface area contributed by atoms with Crippen molar-refractivity contribution in [3.63, 3.8) is 0 Å². The first-order valence-electron chi connectivity index (χ1n) is 12.5. The van der Waals surface area contributed by atoms with Crippen LogP contribution in [0.1, 0.15) is 31.2 Å². The number of rotatable bonds is 17. The summed E-state index contributed by atoms with van der Waals surface area (Å²) < 4.78 is 0. The zero-order chi connectivity index (χ0) is 28.1. The number of carbonyl (C=O) groups is 4. The van der Waals surface area contributed by atoms with E-state index in [0.717, 1.165) is 10.9 Å². The van der Waals surface area contributed by atoms with E-state index in [-0.39, 0.29) is 12.8 Å². The summed E-state index contributed by atoms with van der Waals surface area (Å²) in [4.78, 5) is 53.3. The SMILES string of the molecule is CSCCC(N)C(=O)NC(CCCCN)C(=O)NC(CO)C(=O)NC(Cc1c[nH]c2ccccc12)C(=O)O. The van der Waals surface area contributed by atoms with Crippen LogP contribution in [0.3, 0.4) is 0 Å². The Bertz CT molecular complexity index is 1080. The molecule has 4 atom stereocenters. The fourth-order valence-corrected chi connectivity index (χ4v) is 4.37. The van der Waals surface area contributed by atoms with Gasteiger partial charge in [-0.05, 0) is 55.9 Å². The van der Waals surface area contributed by atoms with Gasteiger partial charge in [-0.1, -0.05) is 18.2 Å². The summed E-state index contributed by atoms with van der Waals surface area (Å²) in [5.74, 6) is -2.64. The lowest BCUT2D eigenvalue weighted by molar-refractivity contribution is -0.142. The van der Waals surface area contributed by atoms with E-state index in [1.165, 1.54) is 0 Å². The van der Waals surface area contributed by atoms with Crippen molar-refractivity contribution in [1.29, 1.82) is 0 Å². The van der Waals surface area contributed by atoms with E-state index >= 15 is 0 Å². The molecule has 0 saturated heterocycles. The quantitative estimate of drug-likeness (QED) is 0.119. The topological polar surface area (TPSA) is 213 Å².